The molecule has 0 spiro atoms. The van der Waals surface area contributed by atoms with Crippen molar-refractivity contribution in [3.05, 3.63) is 72.6 Å². The molecule has 4 rings (SSSR count). The smallest absolute Gasteiger partial charge is 0.230 e. The van der Waals surface area contributed by atoms with Crippen molar-refractivity contribution in [3.8, 4) is 5.69 Å². The van der Waals surface area contributed by atoms with E-state index in [1.165, 1.54) is 6.92 Å². The fraction of sp³-hybridized carbons (Fsp3) is 0.227. The first-order valence-electron chi connectivity index (χ1n) is 9.28. The molecule has 3 aromatic rings. The van der Waals surface area contributed by atoms with Gasteiger partial charge in [-0.3, -0.25) is 9.59 Å². The quantitative estimate of drug-likeness (QED) is 0.742. The Balaban J connectivity index is 1.41. The Morgan fingerprint density at radius 1 is 1.11 bits per heavy atom. The third-order valence-electron chi connectivity index (χ3n) is 5.06. The molecular formula is C22H22N4O2. The van der Waals surface area contributed by atoms with Gasteiger partial charge in [-0.25, -0.2) is 4.68 Å². The van der Waals surface area contributed by atoms with E-state index in [1.807, 2.05) is 59.5 Å². The maximum Gasteiger partial charge on any atom is 0.230 e. The summed E-state index contributed by atoms with van der Waals surface area (Å²) in [6.07, 6.45) is 4.70. The highest BCUT2D eigenvalue weighted by Crippen LogP contribution is 2.48. The van der Waals surface area contributed by atoms with Gasteiger partial charge in [0.05, 0.1) is 11.9 Å². The second-order valence-corrected chi connectivity index (χ2v) is 7.13. The number of benzene rings is 2. The molecule has 1 heterocycles. The van der Waals surface area contributed by atoms with Gasteiger partial charge >= 0.3 is 0 Å². The highest BCUT2D eigenvalue weighted by atomic mass is 16.2. The molecule has 0 saturated heterocycles. The van der Waals surface area contributed by atoms with Gasteiger partial charge in [0.25, 0.3) is 0 Å². The van der Waals surface area contributed by atoms with Crippen molar-refractivity contribution in [2.24, 2.45) is 5.92 Å². The van der Waals surface area contributed by atoms with E-state index >= 15 is 0 Å². The molecule has 6 heteroatoms. The van der Waals surface area contributed by atoms with Gasteiger partial charge in [0.1, 0.15) is 0 Å². The summed E-state index contributed by atoms with van der Waals surface area (Å²) in [5, 5.41) is 7.16. The van der Waals surface area contributed by atoms with Crippen LogP contribution in [0.5, 0.6) is 0 Å². The predicted molar refractivity (Wildman–Crippen MR) is 109 cm³/mol. The van der Waals surface area contributed by atoms with Crippen LogP contribution in [0, 0.1) is 5.92 Å². The van der Waals surface area contributed by atoms with E-state index in [1.54, 1.807) is 24.1 Å². The van der Waals surface area contributed by atoms with Gasteiger partial charge in [0.15, 0.2) is 0 Å². The Morgan fingerprint density at radius 2 is 1.82 bits per heavy atom. The number of aromatic nitrogens is 2. The summed E-state index contributed by atoms with van der Waals surface area (Å²) < 4.78 is 1.85. The topological polar surface area (TPSA) is 67.2 Å². The fourth-order valence-corrected chi connectivity index (χ4v) is 3.43. The average molecular weight is 374 g/mol. The van der Waals surface area contributed by atoms with E-state index in [9.17, 15) is 9.59 Å². The second-order valence-electron chi connectivity index (χ2n) is 7.13. The molecule has 142 valence electrons. The van der Waals surface area contributed by atoms with Crippen molar-refractivity contribution < 1.29 is 9.59 Å². The molecule has 2 amide bonds. The van der Waals surface area contributed by atoms with Gasteiger partial charge in [-0.2, -0.15) is 5.10 Å². The molecule has 0 bridgehead atoms. The Bertz CT molecular complexity index is 995. The zero-order valence-electron chi connectivity index (χ0n) is 15.9. The van der Waals surface area contributed by atoms with Crippen LogP contribution in [-0.2, 0) is 9.59 Å². The van der Waals surface area contributed by atoms with Crippen molar-refractivity contribution in [1.29, 1.82) is 0 Å². The lowest BCUT2D eigenvalue weighted by atomic mass is 10.1. The van der Waals surface area contributed by atoms with Gasteiger partial charge in [-0.05, 0) is 54.3 Å². The highest BCUT2D eigenvalue weighted by Gasteiger charge is 2.46. The first kappa shape index (κ1) is 18.0. The van der Waals surface area contributed by atoms with Crippen molar-refractivity contribution in [1.82, 2.24) is 9.78 Å². The van der Waals surface area contributed by atoms with Crippen molar-refractivity contribution in [3.63, 3.8) is 0 Å². The van der Waals surface area contributed by atoms with E-state index in [2.05, 4.69) is 10.4 Å². The third-order valence-corrected chi connectivity index (χ3v) is 5.06. The standard InChI is InChI=1S/C22H22N4O2/c1-15(27)24-17-8-10-18(11-9-17)25(2)22(28)21-12-20(21)16-13-23-26(14-16)19-6-4-3-5-7-19/h3-11,13-14,20-21H,12H2,1-2H3,(H,24,27)/t20-,21+/m0/s1. The first-order valence-corrected chi connectivity index (χ1v) is 9.28. The van der Waals surface area contributed by atoms with E-state index in [4.69, 9.17) is 0 Å². The SMILES string of the molecule is CC(=O)Nc1ccc(N(C)C(=O)[C@@H]2C[C@H]2c2cnn(-c3ccccc3)c2)cc1. The summed E-state index contributed by atoms with van der Waals surface area (Å²) in [5.41, 5.74) is 3.63. The lowest BCUT2D eigenvalue weighted by molar-refractivity contribution is -0.119. The molecule has 6 nitrogen and oxygen atoms in total. The maximum atomic E-state index is 12.9. The van der Waals surface area contributed by atoms with Gasteiger partial charge in [0, 0.05) is 37.5 Å². The number of rotatable bonds is 5. The van der Waals surface area contributed by atoms with E-state index in [0.29, 0.717) is 0 Å². The summed E-state index contributed by atoms with van der Waals surface area (Å²) in [5.74, 6) is 0.179. The Hall–Kier alpha value is -3.41. The highest BCUT2D eigenvalue weighted by molar-refractivity contribution is 5.97. The van der Waals surface area contributed by atoms with Crippen LogP contribution in [0.15, 0.2) is 67.0 Å². The van der Waals surface area contributed by atoms with Crippen LogP contribution in [0.25, 0.3) is 5.69 Å². The number of amides is 2. The van der Waals surface area contributed by atoms with Crippen LogP contribution < -0.4 is 10.2 Å². The molecular weight excluding hydrogens is 352 g/mol. The summed E-state index contributed by atoms with van der Waals surface area (Å²) in [4.78, 5) is 25.7. The zero-order valence-corrected chi connectivity index (χ0v) is 15.9. The summed E-state index contributed by atoms with van der Waals surface area (Å²) in [7, 11) is 1.79. The van der Waals surface area contributed by atoms with Crippen molar-refractivity contribution in [2.45, 2.75) is 19.3 Å². The van der Waals surface area contributed by atoms with Crippen LogP contribution in [0.3, 0.4) is 0 Å². The molecule has 28 heavy (non-hydrogen) atoms. The Labute approximate surface area is 163 Å². The van der Waals surface area contributed by atoms with Crippen LogP contribution in [0.2, 0.25) is 0 Å². The van der Waals surface area contributed by atoms with E-state index in [-0.39, 0.29) is 23.7 Å². The Morgan fingerprint density at radius 3 is 2.50 bits per heavy atom. The molecule has 1 aliphatic carbocycles. The molecule has 1 saturated carbocycles. The summed E-state index contributed by atoms with van der Waals surface area (Å²) in [6.45, 7) is 1.47. The lowest BCUT2D eigenvalue weighted by Crippen LogP contribution is -2.28. The lowest BCUT2D eigenvalue weighted by Gasteiger charge is -2.18. The Kier molecular flexibility index (Phi) is 4.69. The number of hydrogen-bond donors (Lipinski definition) is 1. The number of anilines is 2. The molecule has 1 aliphatic rings. The second kappa shape index (κ2) is 7.31. The monoisotopic (exact) mass is 374 g/mol. The molecule has 1 fully saturated rings. The minimum absolute atomic E-state index is 0.0200. The molecule has 0 radical (unpaired) electrons. The minimum atomic E-state index is -0.117. The summed E-state index contributed by atoms with van der Waals surface area (Å²) in [6, 6.07) is 17.2. The van der Waals surface area contributed by atoms with Gasteiger partial charge in [0.2, 0.25) is 11.8 Å². The predicted octanol–water partition coefficient (Wildman–Crippen LogP) is 3.60. The van der Waals surface area contributed by atoms with Gasteiger partial charge in [-0.15, -0.1) is 0 Å². The average Bonchev–Trinajstić information content (AvgIpc) is 3.35. The molecule has 1 N–H and O–H groups in total. The third kappa shape index (κ3) is 3.67. The van der Waals surface area contributed by atoms with Crippen LogP contribution in [0.1, 0.15) is 24.8 Å². The van der Waals surface area contributed by atoms with Crippen molar-refractivity contribution in [2.75, 3.05) is 17.3 Å². The summed E-state index contributed by atoms with van der Waals surface area (Å²) >= 11 is 0. The largest absolute Gasteiger partial charge is 0.326 e. The van der Waals surface area contributed by atoms with Crippen LogP contribution in [0.4, 0.5) is 11.4 Å². The number of nitrogens with one attached hydrogen (secondary N) is 1. The molecule has 0 unspecified atom stereocenters. The number of carbonyl (C=O) groups is 2. The normalized spacial score (nSPS) is 17.8. The first-order chi connectivity index (χ1) is 13.5. The minimum Gasteiger partial charge on any atom is -0.326 e. The maximum absolute atomic E-state index is 12.9. The molecule has 0 aliphatic heterocycles. The van der Waals surface area contributed by atoms with Gasteiger partial charge < -0.3 is 10.2 Å². The fourth-order valence-electron chi connectivity index (χ4n) is 3.43. The van der Waals surface area contributed by atoms with Crippen molar-refractivity contribution >= 4 is 23.2 Å². The van der Waals surface area contributed by atoms with Gasteiger partial charge in [-0.1, -0.05) is 18.2 Å². The number of para-hydroxylation sites is 1. The molecule has 2 atom stereocenters. The zero-order chi connectivity index (χ0) is 19.7. The molecule has 2 aromatic carbocycles. The number of carbonyl (C=O) groups excluding carboxylic acids is 2. The molecule has 1 aromatic heterocycles. The number of hydrogen-bond acceptors (Lipinski definition) is 3. The van der Waals surface area contributed by atoms with E-state index in [0.717, 1.165) is 29.0 Å². The number of nitrogens with zero attached hydrogens (tertiary/aromatic N) is 3. The van der Waals surface area contributed by atoms with Crippen LogP contribution in [-0.4, -0.2) is 28.6 Å². The van der Waals surface area contributed by atoms with E-state index < -0.39 is 0 Å². The van der Waals surface area contributed by atoms with Crippen LogP contribution >= 0.6 is 0 Å².